The zero-order chi connectivity index (χ0) is 13.7. The summed E-state index contributed by atoms with van der Waals surface area (Å²) in [6.45, 7) is 1.80. The summed E-state index contributed by atoms with van der Waals surface area (Å²) >= 11 is 11.0. The van der Waals surface area contributed by atoms with Crippen LogP contribution in [0, 0.1) is 0 Å². The van der Waals surface area contributed by atoms with Gasteiger partial charge in [0.2, 0.25) is 0 Å². The van der Waals surface area contributed by atoms with Gasteiger partial charge in [0.05, 0.1) is 11.3 Å². The number of hydrogen-bond donors (Lipinski definition) is 2. The second kappa shape index (κ2) is 6.54. The van der Waals surface area contributed by atoms with Gasteiger partial charge in [-0.15, -0.1) is 0 Å². The fourth-order valence-electron chi connectivity index (χ4n) is 1.74. The molecule has 19 heavy (non-hydrogen) atoms. The van der Waals surface area contributed by atoms with E-state index in [0.717, 1.165) is 25.2 Å². The molecule has 0 saturated heterocycles. The molecule has 0 saturated carbocycles. The highest BCUT2D eigenvalue weighted by atomic mass is 35.5. The van der Waals surface area contributed by atoms with E-state index in [1.165, 1.54) is 0 Å². The molecule has 0 aliphatic heterocycles. The van der Waals surface area contributed by atoms with Crippen LogP contribution < -0.4 is 11.1 Å². The quantitative estimate of drug-likeness (QED) is 0.635. The molecule has 3 N–H and O–H groups in total. The molecule has 0 radical (unpaired) electrons. The predicted molar refractivity (Wildman–Crippen MR) is 82.7 cm³/mol. The number of anilines is 1. The molecule has 100 valence electrons. The first-order valence-electron chi connectivity index (χ1n) is 5.96. The van der Waals surface area contributed by atoms with E-state index >= 15 is 0 Å². The van der Waals surface area contributed by atoms with Gasteiger partial charge < -0.3 is 15.6 Å². The van der Waals surface area contributed by atoms with Crippen LogP contribution in [0.3, 0.4) is 0 Å². The molecular weight excluding hydrogens is 280 g/mol. The summed E-state index contributed by atoms with van der Waals surface area (Å²) in [5, 5.41) is 3.89. The number of imidazole rings is 1. The first-order valence-corrected chi connectivity index (χ1v) is 6.74. The van der Waals surface area contributed by atoms with Crippen LogP contribution in [0.4, 0.5) is 5.69 Å². The molecule has 6 heteroatoms. The van der Waals surface area contributed by atoms with Gasteiger partial charge in [-0.05, 0) is 24.6 Å². The summed E-state index contributed by atoms with van der Waals surface area (Å²) in [5.74, 6) is 0. The maximum atomic E-state index is 6.10. The average Bonchev–Trinajstić information content (AvgIpc) is 2.87. The maximum Gasteiger partial charge on any atom is 0.105 e. The summed E-state index contributed by atoms with van der Waals surface area (Å²) < 4.78 is 2.05. The molecule has 2 rings (SSSR count). The van der Waals surface area contributed by atoms with Crippen molar-refractivity contribution in [1.82, 2.24) is 9.55 Å². The third kappa shape index (κ3) is 3.94. The van der Waals surface area contributed by atoms with Crippen molar-refractivity contribution in [2.24, 2.45) is 5.73 Å². The van der Waals surface area contributed by atoms with Crippen LogP contribution in [-0.2, 0) is 6.54 Å². The van der Waals surface area contributed by atoms with Crippen LogP contribution >= 0.6 is 23.8 Å². The average molecular weight is 295 g/mol. The third-order valence-electron chi connectivity index (χ3n) is 2.72. The van der Waals surface area contributed by atoms with Crippen molar-refractivity contribution in [2.45, 2.75) is 13.0 Å². The van der Waals surface area contributed by atoms with Gasteiger partial charge in [0.1, 0.15) is 4.99 Å². The smallest absolute Gasteiger partial charge is 0.105 e. The number of nitrogens with one attached hydrogen (secondary N) is 1. The minimum absolute atomic E-state index is 0.316. The summed E-state index contributed by atoms with van der Waals surface area (Å²) in [6, 6.07) is 5.60. The molecular formula is C13H15ClN4S. The van der Waals surface area contributed by atoms with E-state index < -0.39 is 0 Å². The van der Waals surface area contributed by atoms with E-state index in [0.29, 0.717) is 15.6 Å². The van der Waals surface area contributed by atoms with E-state index in [-0.39, 0.29) is 0 Å². The highest BCUT2D eigenvalue weighted by Gasteiger charge is 2.03. The number of aromatic nitrogens is 2. The first kappa shape index (κ1) is 13.8. The van der Waals surface area contributed by atoms with Crippen molar-refractivity contribution in [2.75, 3.05) is 11.9 Å². The summed E-state index contributed by atoms with van der Waals surface area (Å²) in [5.41, 5.74) is 7.24. The number of nitrogens with zero attached hydrogens (tertiary/aromatic N) is 2. The van der Waals surface area contributed by atoms with Crippen LogP contribution in [-0.4, -0.2) is 21.1 Å². The van der Waals surface area contributed by atoms with Crippen molar-refractivity contribution in [3.8, 4) is 0 Å². The lowest BCUT2D eigenvalue weighted by Gasteiger charge is -2.09. The molecule has 1 aromatic heterocycles. The lowest BCUT2D eigenvalue weighted by molar-refractivity contribution is 0.661. The molecule has 2 aromatic rings. The predicted octanol–water partition coefficient (Wildman–Crippen LogP) is 2.67. The van der Waals surface area contributed by atoms with Crippen molar-refractivity contribution in [3.63, 3.8) is 0 Å². The molecule has 1 aromatic carbocycles. The number of hydrogen-bond acceptors (Lipinski definition) is 3. The van der Waals surface area contributed by atoms with Crippen molar-refractivity contribution < 1.29 is 0 Å². The second-order valence-electron chi connectivity index (χ2n) is 4.14. The first-order chi connectivity index (χ1) is 9.16. The third-order valence-corrected chi connectivity index (χ3v) is 3.25. The highest BCUT2D eigenvalue weighted by molar-refractivity contribution is 7.80. The molecule has 0 bridgehead atoms. The Morgan fingerprint density at radius 2 is 2.32 bits per heavy atom. The molecule has 0 atom stereocenters. The van der Waals surface area contributed by atoms with Crippen molar-refractivity contribution >= 4 is 34.5 Å². The zero-order valence-corrected chi connectivity index (χ0v) is 11.9. The van der Waals surface area contributed by atoms with Gasteiger partial charge >= 0.3 is 0 Å². The molecule has 0 aliphatic carbocycles. The van der Waals surface area contributed by atoms with Gasteiger partial charge in [-0.1, -0.05) is 23.8 Å². The Morgan fingerprint density at radius 1 is 1.47 bits per heavy atom. The van der Waals surface area contributed by atoms with Crippen molar-refractivity contribution in [3.05, 3.63) is 47.5 Å². The van der Waals surface area contributed by atoms with Gasteiger partial charge in [0, 0.05) is 36.7 Å². The van der Waals surface area contributed by atoms with E-state index in [9.17, 15) is 0 Å². The second-order valence-corrected chi connectivity index (χ2v) is 4.99. The lowest BCUT2D eigenvalue weighted by atomic mass is 10.2. The number of benzene rings is 1. The Balaban J connectivity index is 1.83. The van der Waals surface area contributed by atoms with Crippen LogP contribution in [0.25, 0.3) is 0 Å². The van der Waals surface area contributed by atoms with Crippen molar-refractivity contribution in [1.29, 1.82) is 0 Å². The Bertz CT molecular complexity index is 554. The normalized spacial score (nSPS) is 10.4. The number of nitrogens with two attached hydrogens (primary N) is 1. The van der Waals surface area contributed by atoms with Crippen LogP contribution in [0.15, 0.2) is 36.9 Å². The monoisotopic (exact) mass is 294 g/mol. The van der Waals surface area contributed by atoms with E-state index in [1.54, 1.807) is 6.20 Å². The summed E-state index contributed by atoms with van der Waals surface area (Å²) in [7, 11) is 0. The van der Waals surface area contributed by atoms with Crippen LogP contribution in [0.5, 0.6) is 0 Å². The topological polar surface area (TPSA) is 55.9 Å². The zero-order valence-electron chi connectivity index (χ0n) is 10.3. The molecule has 0 spiro atoms. The molecule has 0 aliphatic rings. The Kier molecular flexibility index (Phi) is 4.76. The fraction of sp³-hybridized carbons (Fsp3) is 0.231. The Hall–Kier alpha value is -1.59. The van der Waals surface area contributed by atoms with Gasteiger partial charge in [0.25, 0.3) is 0 Å². The van der Waals surface area contributed by atoms with Crippen LogP contribution in [0.2, 0.25) is 5.02 Å². The minimum Gasteiger partial charge on any atom is -0.389 e. The molecule has 0 fully saturated rings. The number of thiocarbonyl (C=S) groups is 1. The minimum atomic E-state index is 0.316. The lowest BCUT2D eigenvalue weighted by Crippen LogP contribution is -2.10. The highest BCUT2D eigenvalue weighted by Crippen LogP contribution is 2.20. The molecule has 0 unspecified atom stereocenters. The number of aryl methyl sites for hydroxylation is 1. The molecule has 1 heterocycles. The van der Waals surface area contributed by atoms with E-state index in [4.69, 9.17) is 29.6 Å². The molecule has 4 nitrogen and oxygen atoms in total. The number of rotatable bonds is 6. The standard InChI is InChI=1S/C13H15ClN4S/c14-12-8-10(2-3-11(12)13(15)19)17-4-1-6-18-7-5-16-9-18/h2-3,5,7-9,17H,1,4,6H2,(H2,15,19). The number of halogens is 1. The molecule has 0 amide bonds. The van der Waals surface area contributed by atoms with Gasteiger partial charge in [0.15, 0.2) is 0 Å². The SMILES string of the molecule is NC(=S)c1ccc(NCCCn2ccnc2)cc1Cl. The Labute approximate surface area is 122 Å². The van der Waals surface area contributed by atoms with E-state index in [1.807, 2.05) is 35.3 Å². The summed E-state index contributed by atoms with van der Waals surface area (Å²) in [6.07, 6.45) is 6.55. The largest absolute Gasteiger partial charge is 0.389 e. The summed E-state index contributed by atoms with van der Waals surface area (Å²) in [4.78, 5) is 4.31. The Morgan fingerprint density at radius 3 is 2.95 bits per heavy atom. The van der Waals surface area contributed by atoms with E-state index in [2.05, 4.69) is 10.3 Å². The maximum absolute atomic E-state index is 6.10. The fourth-order valence-corrected chi connectivity index (χ4v) is 2.25. The van der Waals surface area contributed by atoms with Gasteiger partial charge in [-0.25, -0.2) is 4.98 Å². The van der Waals surface area contributed by atoms with Gasteiger partial charge in [-0.2, -0.15) is 0 Å². The van der Waals surface area contributed by atoms with Gasteiger partial charge in [-0.3, -0.25) is 0 Å². The van der Waals surface area contributed by atoms with Crippen LogP contribution in [0.1, 0.15) is 12.0 Å².